The van der Waals surface area contributed by atoms with Gasteiger partial charge in [-0.15, -0.1) is 0 Å². The van der Waals surface area contributed by atoms with E-state index in [0.717, 1.165) is 13.2 Å². The second-order valence-electron chi connectivity index (χ2n) is 5.64. The third-order valence-corrected chi connectivity index (χ3v) is 3.04. The van der Waals surface area contributed by atoms with Gasteiger partial charge in [-0.25, -0.2) is 0 Å². The van der Waals surface area contributed by atoms with E-state index in [1.165, 1.54) is 13.0 Å². The van der Waals surface area contributed by atoms with Crippen LogP contribution in [0.3, 0.4) is 0 Å². The van der Waals surface area contributed by atoms with Crippen LogP contribution < -0.4 is 0 Å². The Labute approximate surface area is 88.6 Å². The van der Waals surface area contributed by atoms with Gasteiger partial charge < -0.3 is 4.74 Å². The summed E-state index contributed by atoms with van der Waals surface area (Å²) in [6.07, 6.45) is 1.17. The van der Waals surface area contributed by atoms with E-state index in [1.54, 1.807) is 0 Å². The quantitative estimate of drug-likeness (QED) is 0.643. The molecule has 1 rings (SSSR count). The first-order valence-corrected chi connectivity index (χ1v) is 5.76. The van der Waals surface area contributed by atoms with Crippen LogP contribution in [0.15, 0.2) is 0 Å². The number of hydrogen-bond acceptors (Lipinski definition) is 2. The first-order chi connectivity index (χ1) is 6.43. The van der Waals surface area contributed by atoms with Gasteiger partial charge in [0.2, 0.25) is 0 Å². The molecule has 0 saturated carbocycles. The third kappa shape index (κ3) is 2.96. The number of hydrogen-bond donors (Lipinski definition) is 0. The summed E-state index contributed by atoms with van der Waals surface area (Å²) in [6.45, 7) is 14.5. The highest BCUT2D eigenvalue weighted by Gasteiger charge is 2.32. The summed E-state index contributed by atoms with van der Waals surface area (Å²) in [5, 5.41) is 0. The van der Waals surface area contributed by atoms with Gasteiger partial charge in [0.15, 0.2) is 0 Å². The third-order valence-electron chi connectivity index (χ3n) is 3.04. The first kappa shape index (κ1) is 12.0. The molecule has 0 unspecified atom stereocenters. The van der Waals surface area contributed by atoms with Gasteiger partial charge in [0.05, 0.1) is 6.61 Å². The fraction of sp³-hybridized carbons (Fsp3) is 1.00. The van der Waals surface area contributed by atoms with Gasteiger partial charge in [0.1, 0.15) is 0 Å². The van der Waals surface area contributed by atoms with Crippen molar-refractivity contribution in [3.63, 3.8) is 0 Å². The van der Waals surface area contributed by atoms with Crippen LogP contribution in [0.2, 0.25) is 0 Å². The van der Waals surface area contributed by atoms with Crippen LogP contribution in [0.25, 0.3) is 0 Å². The smallest absolute Gasteiger partial charge is 0.0627 e. The van der Waals surface area contributed by atoms with Crippen LogP contribution in [0.4, 0.5) is 0 Å². The highest BCUT2D eigenvalue weighted by atomic mass is 16.5. The molecule has 1 aliphatic heterocycles. The monoisotopic (exact) mass is 199 g/mol. The lowest BCUT2D eigenvalue weighted by atomic mass is 9.85. The summed E-state index contributed by atoms with van der Waals surface area (Å²) in [5.74, 6) is 0. The molecule has 0 radical (unpaired) electrons. The molecule has 1 heterocycles. The van der Waals surface area contributed by atoms with E-state index in [0.29, 0.717) is 17.5 Å². The Kier molecular flexibility index (Phi) is 3.96. The maximum absolute atomic E-state index is 5.67. The molecule has 14 heavy (non-hydrogen) atoms. The number of rotatable bonds is 1. The fourth-order valence-corrected chi connectivity index (χ4v) is 2.16. The minimum atomic E-state index is 0.314. The largest absolute Gasteiger partial charge is 0.380 e. The highest BCUT2D eigenvalue weighted by Crippen LogP contribution is 2.27. The molecule has 0 N–H and O–H groups in total. The molecule has 1 aliphatic rings. The standard InChI is InChI=1S/C12H25NO/c1-10(2)13-7-6-8-14-9-11(13)12(3,4)5/h10-11H,6-9H2,1-5H3/t11-/m0/s1. The van der Waals surface area contributed by atoms with Crippen molar-refractivity contribution in [1.82, 2.24) is 4.90 Å². The van der Waals surface area contributed by atoms with E-state index < -0.39 is 0 Å². The molecule has 0 aromatic rings. The van der Waals surface area contributed by atoms with Crippen molar-refractivity contribution in [2.45, 2.75) is 53.1 Å². The average molecular weight is 199 g/mol. The maximum atomic E-state index is 5.67. The Morgan fingerprint density at radius 3 is 2.43 bits per heavy atom. The van der Waals surface area contributed by atoms with Gasteiger partial charge in [0.25, 0.3) is 0 Å². The molecule has 2 nitrogen and oxygen atoms in total. The number of nitrogens with zero attached hydrogens (tertiary/aromatic N) is 1. The maximum Gasteiger partial charge on any atom is 0.0627 e. The molecule has 0 aliphatic carbocycles. The van der Waals surface area contributed by atoms with E-state index in [2.05, 4.69) is 39.5 Å². The van der Waals surface area contributed by atoms with Crippen LogP contribution in [0.1, 0.15) is 41.0 Å². The molecule has 1 saturated heterocycles. The predicted octanol–water partition coefficient (Wildman–Crippen LogP) is 2.53. The Morgan fingerprint density at radius 1 is 1.29 bits per heavy atom. The minimum Gasteiger partial charge on any atom is -0.380 e. The summed E-state index contributed by atoms with van der Waals surface area (Å²) in [6, 6.07) is 1.19. The van der Waals surface area contributed by atoms with Gasteiger partial charge in [-0.1, -0.05) is 20.8 Å². The Balaban J connectivity index is 2.74. The molecule has 1 atom stereocenters. The Bertz CT molecular complexity index is 172. The Morgan fingerprint density at radius 2 is 1.93 bits per heavy atom. The molecular weight excluding hydrogens is 174 g/mol. The summed E-state index contributed by atoms with van der Waals surface area (Å²) in [7, 11) is 0. The van der Waals surface area contributed by atoms with Crippen LogP contribution in [0, 0.1) is 5.41 Å². The van der Waals surface area contributed by atoms with Crippen molar-refractivity contribution >= 4 is 0 Å². The van der Waals surface area contributed by atoms with Crippen molar-refractivity contribution in [1.29, 1.82) is 0 Å². The minimum absolute atomic E-state index is 0.314. The molecule has 84 valence electrons. The summed E-state index contributed by atoms with van der Waals surface area (Å²) < 4.78 is 5.67. The molecule has 0 spiro atoms. The normalized spacial score (nSPS) is 26.6. The molecule has 0 bridgehead atoms. The summed E-state index contributed by atoms with van der Waals surface area (Å²) >= 11 is 0. The van der Waals surface area contributed by atoms with Gasteiger partial charge in [-0.3, -0.25) is 4.90 Å². The summed E-state index contributed by atoms with van der Waals surface area (Å²) in [4.78, 5) is 2.59. The van der Waals surface area contributed by atoms with Gasteiger partial charge >= 0.3 is 0 Å². The number of ether oxygens (including phenoxy) is 1. The predicted molar refractivity (Wildman–Crippen MR) is 60.5 cm³/mol. The molecule has 0 aromatic carbocycles. The van der Waals surface area contributed by atoms with Gasteiger partial charge in [-0.2, -0.15) is 0 Å². The lowest BCUT2D eigenvalue weighted by Gasteiger charge is -2.40. The fourth-order valence-electron chi connectivity index (χ4n) is 2.16. The van der Waals surface area contributed by atoms with E-state index in [-0.39, 0.29) is 0 Å². The van der Waals surface area contributed by atoms with Crippen molar-refractivity contribution in [3.05, 3.63) is 0 Å². The average Bonchev–Trinajstić information content (AvgIpc) is 2.26. The topological polar surface area (TPSA) is 12.5 Å². The second kappa shape index (κ2) is 4.63. The van der Waals surface area contributed by atoms with Crippen molar-refractivity contribution in [2.75, 3.05) is 19.8 Å². The molecule has 0 aromatic heterocycles. The van der Waals surface area contributed by atoms with E-state index in [1.807, 2.05) is 0 Å². The zero-order chi connectivity index (χ0) is 10.8. The summed E-state index contributed by atoms with van der Waals surface area (Å²) in [5.41, 5.74) is 0.314. The molecular formula is C12H25NO. The van der Waals surface area contributed by atoms with E-state index in [4.69, 9.17) is 4.74 Å². The van der Waals surface area contributed by atoms with E-state index in [9.17, 15) is 0 Å². The van der Waals surface area contributed by atoms with Crippen molar-refractivity contribution in [2.24, 2.45) is 5.41 Å². The molecule has 2 heteroatoms. The van der Waals surface area contributed by atoms with Crippen LogP contribution >= 0.6 is 0 Å². The molecule has 1 fully saturated rings. The second-order valence-corrected chi connectivity index (χ2v) is 5.64. The van der Waals surface area contributed by atoms with Crippen LogP contribution in [0.5, 0.6) is 0 Å². The zero-order valence-corrected chi connectivity index (χ0v) is 10.3. The molecule has 0 amide bonds. The van der Waals surface area contributed by atoms with Crippen LogP contribution in [-0.4, -0.2) is 36.7 Å². The zero-order valence-electron chi connectivity index (χ0n) is 10.3. The van der Waals surface area contributed by atoms with Crippen molar-refractivity contribution in [3.8, 4) is 0 Å². The van der Waals surface area contributed by atoms with Crippen molar-refractivity contribution < 1.29 is 4.74 Å². The lowest BCUT2D eigenvalue weighted by Crippen LogP contribution is -2.49. The Hall–Kier alpha value is -0.0800. The van der Waals surface area contributed by atoms with E-state index >= 15 is 0 Å². The van der Waals surface area contributed by atoms with Gasteiger partial charge in [0, 0.05) is 25.2 Å². The lowest BCUT2D eigenvalue weighted by molar-refractivity contribution is 0.0274. The first-order valence-electron chi connectivity index (χ1n) is 5.76. The highest BCUT2D eigenvalue weighted by molar-refractivity contribution is 4.86. The van der Waals surface area contributed by atoms with Crippen LogP contribution in [-0.2, 0) is 4.74 Å². The van der Waals surface area contributed by atoms with Gasteiger partial charge in [-0.05, 0) is 25.7 Å². The SMILES string of the molecule is CC(C)N1CCCOC[C@H]1C(C)(C)C.